The number of halogens is 1. The normalized spacial score (nSPS) is 15.4. The molecule has 0 bridgehead atoms. The van der Waals surface area contributed by atoms with E-state index in [0.717, 1.165) is 37.4 Å². The van der Waals surface area contributed by atoms with Crippen molar-refractivity contribution in [2.24, 2.45) is 5.92 Å². The lowest BCUT2D eigenvalue weighted by molar-refractivity contribution is -0.120. The molecule has 0 radical (unpaired) electrons. The Kier molecular flexibility index (Phi) is 4.24. The lowest BCUT2D eigenvalue weighted by Crippen LogP contribution is -2.39. The topological polar surface area (TPSA) is 75.4 Å². The number of hydrogen-bond acceptors (Lipinski definition) is 5. The molecule has 1 aliphatic heterocycles. The van der Waals surface area contributed by atoms with Gasteiger partial charge in [0.1, 0.15) is 18.0 Å². The van der Waals surface area contributed by atoms with Crippen molar-refractivity contribution in [2.45, 2.75) is 19.8 Å². The third kappa shape index (κ3) is 3.22. The van der Waals surface area contributed by atoms with Gasteiger partial charge in [-0.15, -0.1) is 0 Å². The van der Waals surface area contributed by atoms with Gasteiger partial charge in [-0.3, -0.25) is 4.79 Å². The number of hydrogen-bond donors (Lipinski definition) is 1. The number of nitrogens with zero attached hydrogens (tertiary/aromatic N) is 5. The van der Waals surface area contributed by atoms with Gasteiger partial charge in [0.05, 0.1) is 0 Å². The van der Waals surface area contributed by atoms with Gasteiger partial charge in [0.2, 0.25) is 5.91 Å². The van der Waals surface area contributed by atoms with E-state index in [1.165, 1.54) is 18.5 Å². The Hall–Kier alpha value is -3.03. The Labute approximate surface area is 149 Å². The number of aryl methyl sites for hydroxylation is 1. The van der Waals surface area contributed by atoms with Gasteiger partial charge in [-0.25, -0.2) is 9.37 Å². The number of piperidine rings is 1. The standard InChI is InChI=1S/C18H19FN6O/c1-12-10-16(25-18(22-12)20-11-21-25)24-8-6-13(7-9-24)17(26)23-15-4-2-14(19)3-5-15/h2-5,10-11,13H,6-9H2,1H3,(H,23,26). The van der Waals surface area contributed by atoms with Crippen LogP contribution in [0.1, 0.15) is 18.5 Å². The summed E-state index contributed by atoms with van der Waals surface area (Å²) in [6, 6.07) is 7.81. The number of nitrogens with one attached hydrogen (secondary N) is 1. The van der Waals surface area contributed by atoms with Gasteiger partial charge in [0.25, 0.3) is 5.78 Å². The minimum Gasteiger partial charge on any atom is -0.356 e. The molecule has 26 heavy (non-hydrogen) atoms. The van der Waals surface area contributed by atoms with Crippen LogP contribution in [-0.2, 0) is 4.79 Å². The van der Waals surface area contributed by atoms with Crippen LogP contribution in [0.5, 0.6) is 0 Å². The van der Waals surface area contributed by atoms with E-state index in [-0.39, 0.29) is 17.6 Å². The zero-order valence-corrected chi connectivity index (χ0v) is 14.4. The summed E-state index contributed by atoms with van der Waals surface area (Å²) in [6.07, 6.45) is 2.98. The van der Waals surface area contributed by atoms with E-state index in [2.05, 4.69) is 25.3 Å². The molecule has 0 spiro atoms. The smallest absolute Gasteiger partial charge is 0.254 e. The van der Waals surface area contributed by atoms with Crippen molar-refractivity contribution in [1.29, 1.82) is 0 Å². The fraction of sp³-hybridized carbons (Fsp3) is 0.333. The number of benzene rings is 1. The van der Waals surface area contributed by atoms with Crippen LogP contribution in [0.4, 0.5) is 15.9 Å². The minimum atomic E-state index is -0.316. The van der Waals surface area contributed by atoms with E-state index in [9.17, 15) is 9.18 Å². The third-order valence-corrected chi connectivity index (χ3v) is 4.66. The van der Waals surface area contributed by atoms with E-state index >= 15 is 0 Å². The van der Waals surface area contributed by atoms with Crippen molar-refractivity contribution in [3.05, 3.63) is 48.2 Å². The van der Waals surface area contributed by atoms with Crippen molar-refractivity contribution >= 4 is 23.2 Å². The Morgan fingerprint density at radius 2 is 1.96 bits per heavy atom. The zero-order valence-electron chi connectivity index (χ0n) is 14.4. The van der Waals surface area contributed by atoms with Crippen LogP contribution >= 0.6 is 0 Å². The lowest BCUT2D eigenvalue weighted by atomic mass is 9.95. The molecule has 1 N–H and O–H groups in total. The van der Waals surface area contributed by atoms with Crippen molar-refractivity contribution in [3.63, 3.8) is 0 Å². The number of carbonyl (C=O) groups excluding carboxylic acids is 1. The molecule has 3 aromatic rings. The third-order valence-electron chi connectivity index (χ3n) is 4.66. The van der Waals surface area contributed by atoms with Crippen molar-refractivity contribution in [2.75, 3.05) is 23.3 Å². The van der Waals surface area contributed by atoms with Crippen molar-refractivity contribution in [3.8, 4) is 0 Å². The Bertz CT molecular complexity index is 931. The molecule has 7 nitrogen and oxygen atoms in total. The molecular weight excluding hydrogens is 335 g/mol. The first kappa shape index (κ1) is 16.4. The van der Waals surface area contributed by atoms with Crippen molar-refractivity contribution < 1.29 is 9.18 Å². The molecule has 0 unspecified atom stereocenters. The predicted octanol–water partition coefficient (Wildman–Crippen LogP) is 2.43. The van der Waals surface area contributed by atoms with Crippen LogP contribution in [-0.4, -0.2) is 38.6 Å². The summed E-state index contributed by atoms with van der Waals surface area (Å²) in [5, 5.41) is 7.11. The highest BCUT2D eigenvalue weighted by Gasteiger charge is 2.26. The average Bonchev–Trinajstić information content (AvgIpc) is 3.11. The summed E-state index contributed by atoms with van der Waals surface area (Å²) in [6.45, 7) is 3.43. The van der Waals surface area contributed by atoms with E-state index < -0.39 is 0 Å². The van der Waals surface area contributed by atoms with Crippen LogP contribution in [0.25, 0.3) is 5.78 Å². The molecule has 0 aliphatic carbocycles. The average molecular weight is 354 g/mol. The van der Waals surface area contributed by atoms with Gasteiger partial charge >= 0.3 is 0 Å². The first-order chi connectivity index (χ1) is 12.6. The van der Waals surface area contributed by atoms with Gasteiger partial charge in [-0.05, 0) is 44.0 Å². The molecular formula is C18H19FN6O. The number of rotatable bonds is 3. The Morgan fingerprint density at radius 3 is 2.69 bits per heavy atom. The largest absolute Gasteiger partial charge is 0.356 e. The molecule has 1 aliphatic rings. The molecule has 1 fully saturated rings. The minimum absolute atomic E-state index is 0.0203. The Morgan fingerprint density at radius 1 is 1.23 bits per heavy atom. The van der Waals surface area contributed by atoms with Crippen LogP contribution in [0, 0.1) is 18.7 Å². The molecule has 134 valence electrons. The molecule has 0 saturated carbocycles. The Balaban J connectivity index is 1.42. The second kappa shape index (κ2) is 6.70. The number of amides is 1. The van der Waals surface area contributed by atoms with Gasteiger partial charge in [-0.1, -0.05) is 0 Å². The quantitative estimate of drug-likeness (QED) is 0.782. The van der Waals surface area contributed by atoms with E-state index in [1.54, 1.807) is 16.6 Å². The molecule has 4 rings (SSSR count). The molecule has 2 aromatic heterocycles. The van der Waals surface area contributed by atoms with Crippen LogP contribution < -0.4 is 10.2 Å². The maximum atomic E-state index is 13.0. The highest BCUT2D eigenvalue weighted by atomic mass is 19.1. The molecule has 0 atom stereocenters. The van der Waals surface area contributed by atoms with Gasteiger partial charge in [-0.2, -0.15) is 14.6 Å². The molecule has 1 saturated heterocycles. The summed E-state index contributed by atoms with van der Waals surface area (Å²) in [5.74, 6) is 1.13. The van der Waals surface area contributed by atoms with E-state index in [0.29, 0.717) is 11.5 Å². The first-order valence-corrected chi connectivity index (χ1v) is 8.59. The second-order valence-corrected chi connectivity index (χ2v) is 6.49. The number of aromatic nitrogens is 4. The molecule has 3 heterocycles. The fourth-order valence-electron chi connectivity index (χ4n) is 3.28. The van der Waals surface area contributed by atoms with Crippen LogP contribution in [0.15, 0.2) is 36.7 Å². The molecule has 8 heteroatoms. The summed E-state index contributed by atoms with van der Waals surface area (Å²) in [4.78, 5) is 23.2. The fourth-order valence-corrected chi connectivity index (χ4v) is 3.28. The van der Waals surface area contributed by atoms with Crippen LogP contribution in [0.3, 0.4) is 0 Å². The molecule has 1 aromatic carbocycles. The highest BCUT2D eigenvalue weighted by molar-refractivity contribution is 5.92. The van der Waals surface area contributed by atoms with E-state index in [4.69, 9.17) is 0 Å². The number of anilines is 2. The predicted molar refractivity (Wildman–Crippen MR) is 95.5 cm³/mol. The van der Waals surface area contributed by atoms with Gasteiger partial charge in [0.15, 0.2) is 0 Å². The zero-order chi connectivity index (χ0) is 18.1. The second-order valence-electron chi connectivity index (χ2n) is 6.49. The van der Waals surface area contributed by atoms with Gasteiger partial charge < -0.3 is 10.2 Å². The molecule has 1 amide bonds. The monoisotopic (exact) mass is 354 g/mol. The van der Waals surface area contributed by atoms with Crippen molar-refractivity contribution in [1.82, 2.24) is 19.6 Å². The number of fused-ring (bicyclic) bond motifs is 1. The number of carbonyl (C=O) groups is 1. The van der Waals surface area contributed by atoms with Gasteiger partial charge in [0, 0.05) is 36.5 Å². The first-order valence-electron chi connectivity index (χ1n) is 8.59. The maximum absolute atomic E-state index is 13.0. The SMILES string of the molecule is Cc1cc(N2CCC(C(=O)Nc3ccc(F)cc3)CC2)n2ncnc2n1. The lowest BCUT2D eigenvalue weighted by Gasteiger charge is -2.32. The maximum Gasteiger partial charge on any atom is 0.254 e. The van der Waals surface area contributed by atoms with Crippen LogP contribution in [0.2, 0.25) is 0 Å². The summed E-state index contributed by atoms with van der Waals surface area (Å²) < 4.78 is 14.7. The summed E-state index contributed by atoms with van der Waals surface area (Å²) in [7, 11) is 0. The summed E-state index contributed by atoms with van der Waals surface area (Å²) >= 11 is 0. The summed E-state index contributed by atoms with van der Waals surface area (Å²) in [5.41, 5.74) is 1.50. The van der Waals surface area contributed by atoms with E-state index in [1.807, 2.05) is 13.0 Å². The highest BCUT2D eigenvalue weighted by Crippen LogP contribution is 2.25.